The van der Waals surface area contributed by atoms with Crippen molar-refractivity contribution in [3.05, 3.63) is 24.3 Å². The fraction of sp³-hybridized carbons (Fsp3) is 0.895. The third-order valence-corrected chi connectivity index (χ3v) is 7.73. The summed E-state index contributed by atoms with van der Waals surface area (Å²) < 4.78 is 0. The van der Waals surface area contributed by atoms with E-state index in [1.54, 1.807) is 0 Å². The maximum absolute atomic E-state index is 3.67. The first-order valence-electron chi connectivity index (χ1n) is 18.4. The van der Waals surface area contributed by atoms with E-state index < -0.39 is 0 Å². The summed E-state index contributed by atoms with van der Waals surface area (Å²) in [5.41, 5.74) is 0. The molecule has 0 fully saturated rings. The van der Waals surface area contributed by atoms with Gasteiger partial charge in [-0.1, -0.05) is 154 Å². The molecule has 3 heteroatoms. The van der Waals surface area contributed by atoms with Crippen LogP contribution in [0.2, 0.25) is 0 Å². The molecule has 0 aromatic heterocycles. The van der Waals surface area contributed by atoms with Crippen molar-refractivity contribution in [1.82, 2.24) is 10.6 Å². The summed E-state index contributed by atoms with van der Waals surface area (Å²) in [6, 6.07) is 0. The van der Waals surface area contributed by atoms with Crippen LogP contribution in [0, 0.1) is 0 Å². The highest BCUT2D eigenvalue weighted by atomic mass is 35.5. The van der Waals surface area contributed by atoms with Gasteiger partial charge in [-0.2, -0.15) is 0 Å². The Labute approximate surface area is 267 Å². The highest BCUT2D eigenvalue weighted by Gasteiger charge is 1.94. The van der Waals surface area contributed by atoms with E-state index in [0.717, 1.165) is 0 Å². The summed E-state index contributed by atoms with van der Waals surface area (Å²) >= 11 is 0. The van der Waals surface area contributed by atoms with Crippen molar-refractivity contribution in [2.24, 2.45) is 0 Å². The lowest BCUT2D eigenvalue weighted by molar-refractivity contribution is 0.539. The van der Waals surface area contributed by atoms with Crippen LogP contribution in [-0.4, -0.2) is 27.2 Å². The van der Waals surface area contributed by atoms with Gasteiger partial charge in [0, 0.05) is 0 Å². The molecular weight excluding hydrogens is 520 g/mol. The Morgan fingerprint density at radius 2 is 0.561 bits per heavy atom. The molecule has 0 aliphatic carbocycles. The molecule has 41 heavy (non-hydrogen) atoms. The topological polar surface area (TPSA) is 24.1 Å². The third-order valence-electron chi connectivity index (χ3n) is 7.73. The number of hydrogen-bond donors (Lipinski definition) is 2. The van der Waals surface area contributed by atoms with Gasteiger partial charge < -0.3 is 10.6 Å². The van der Waals surface area contributed by atoms with Crippen LogP contribution < -0.4 is 10.6 Å². The summed E-state index contributed by atoms with van der Waals surface area (Å²) in [5, 5.41) is 6.42. The van der Waals surface area contributed by atoms with Gasteiger partial charge in [0.25, 0.3) is 0 Å². The molecule has 0 heterocycles. The van der Waals surface area contributed by atoms with E-state index >= 15 is 0 Å². The molecule has 0 unspecified atom stereocenters. The number of hydrogen-bond acceptors (Lipinski definition) is 2. The van der Waals surface area contributed by atoms with Gasteiger partial charge in [-0.25, -0.2) is 0 Å². The molecule has 2 N–H and O–H groups in total. The molecule has 0 aliphatic heterocycles. The Bertz CT molecular complexity index is 423. The average Bonchev–Trinajstić information content (AvgIpc) is 2.96. The predicted octanol–water partition coefficient (Wildman–Crippen LogP) is 12.9. The number of allylic oxidation sites excluding steroid dienone is 4. The minimum absolute atomic E-state index is 0. The fourth-order valence-electron chi connectivity index (χ4n) is 5.12. The standard InChI is InChI=1S/C36H71N.C2H7N.ClH/c1-3-5-7-9-11-13-15-17-19-21-23-25-27-29-31-33-35-37-36-34-32-30-28-26-24-22-20-18-16-14-12-10-8-6-4-2;1-3-2;/h17-20,37H,3-16,21-36H2,1-2H3;3H,1-2H3;1H/b19-17-,20-18-;;. The van der Waals surface area contributed by atoms with Crippen molar-refractivity contribution in [1.29, 1.82) is 0 Å². The summed E-state index contributed by atoms with van der Waals surface area (Å²) in [7, 11) is 3.75. The zero-order valence-corrected chi connectivity index (χ0v) is 29.7. The lowest BCUT2D eigenvalue weighted by Crippen LogP contribution is -2.16. The van der Waals surface area contributed by atoms with Gasteiger partial charge in [0.05, 0.1) is 0 Å². The predicted molar refractivity (Wildman–Crippen MR) is 194 cm³/mol. The van der Waals surface area contributed by atoms with Gasteiger partial charge in [0.2, 0.25) is 0 Å². The maximum Gasteiger partial charge on any atom is -0.00489 e. The fourth-order valence-corrected chi connectivity index (χ4v) is 5.12. The molecule has 0 aliphatic rings. The lowest BCUT2D eigenvalue weighted by Gasteiger charge is -2.05. The number of nitrogens with one attached hydrogen (secondary N) is 2. The van der Waals surface area contributed by atoms with Crippen LogP contribution in [0.5, 0.6) is 0 Å². The van der Waals surface area contributed by atoms with Gasteiger partial charge in [0.1, 0.15) is 0 Å². The number of rotatable bonds is 32. The molecule has 0 radical (unpaired) electrons. The average molecular weight is 600 g/mol. The van der Waals surface area contributed by atoms with Crippen molar-refractivity contribution in [3.8, 4) is 0 Å². The molecule has 2 nitrogen and oxygen atoms in total. The van der Waals surface area contributed by atoms with Gasteiger partial charge in [-0.15, -0.1) is 12.4 Å². The normalized spacial score (nSPS) is 11.2. The zero-order chi connectivity index (χ0) is 29.5. The molecule has 0 aromatic rings. The van der Waals surface area contributed by atoms with Crippen molar-refractivity contribution in [3.63, 3.8) is 0 Å². The van der Waals surface area contributed by atoms with Crippen LogP contribution in [0.4, 0.5) is 0 Å². The Balaban J connectivity index is -0.00000344. The molecule has 0 spiro atoms. The van der Waals surface area contributed by atoms with Gasteiger partial charge in [0.15, 0.2) is 0 Å². The van der Waals surface area contributed by atoms with Gasteiger partial charge in [-0.05, 0) is 91.4 Å². The van der Waals surface area contributed by atoms with Gasteiger partial charge in [-0.3, -0.25) is 0 Å². The monoisotopic (exact) mass is 599 g/mol. The Kier molecular flexibility index (Phi) is 51.3. The van der Waals surface area contributed by atoms with Crippen molar-refractivity contribution >= 4 is 12.4 Å². The summed E-state index contributed by atoms with van der Waals surface area (Å²) in [4.78, 5) is 0. The minimum atomic E-state index is 0. The molecule has 0 saturated carbocycles. The molecule has 0 atom stereocenters. The first-order chi connectivity index (χ1) is 19.8. The second-order valence-corrected chi connectivity index (χ2v) is 12.1. The van der Waals surface area contributed by atoms with Crippen LogP contribution in [0.3, 0.4) is 0 Å². The molecule has 0 aromatic carbocycles. The van der Waals surface area contributed by atoms with Crippen LogP contribution >= 0.6 is 12.4 Å². The number of halogens is 1. The Hall–Kier alpha value is -0.310. The summed E-state index contributed by atoms with van der Waals surface area (Å²) in [6.45, 7) is 7.04. The molecule has 0 amide bonds. The van der Waals surface area contributed by atoms with E-state index in [9.17, 15) is 0 Å². The SMILES string of the molecule is CCCCCCCC/C=C\CCCCCCCCNCCCCCCCC/C=C\CCCCCCCC.CNC.Cl. The van der Waals surface area contributed by atoms with Crippen molar-refractivity contribution < 1.29 is 0 Å². The number of unbranched alkanes of at least 4 members (excludes halogenated alkanes) is 24. The molecular formula is C38H79ClN2. The van der Waals surface area contributed by atoms with Crippen molar-refractivity contribution in [2.45, 2.75) is 194 Å². The third kappa shape index (κ3) is 49.7. The minimum Gasteiger partial charge on any atom is -0.323 e. The van der Waals surface area contributed by atoms with E-state index in [0.29, 0.717) is 0 Å². The first-order valence-corrected chi connectivity index (χ1v) is 18.4. The van der Waals surface area contributed by atoms with Crippen LogP contribution in [0.15, 0.2) is 24.3 Å². The Morgan fingerprint density at radius 1 is 0.341 bits per heavy atom. The van der Waals surface area contributed by atoms with E-state index in [2.05, 4.69) is 48.8 Å². The lowest BCUT2D eigenvalue weighted by atomic mass is 10.1. The molecule has 0 bridgehead atoms. The molecule has 0 rings (SSSR count). The van der Waals surface area contributed by atoms with Crippen LogP contribution in [0.25, 0.3) is 0 Å². The second-order valence-electron chi connectivity index (χ2n) is 12.1. The summed E-state index contributed by atoms with van der Waals surface area (Å²) in [6.07, 6.45) is 48.8. The summed E-state index contributed by atoms with van der Waals surface area (Å²) in [5.74, 6) is 0. The molecule has 248 valence electrons. The molecule has 0 saturated heterocycles. The van der Waals surface area contributed by atoms with E-state index in [-0.39, 0.29) is 12.4 Å². The van der Waals surface area contributed by atoms with Crippen LogP contribution in [0.1, 0.15) is 194 Å². The van der Waals surface area contributed by atoms with E-state index in [1.165, 1.54) is 193 Å². The first kappa shape index (κ1) is 45.1. The maximum atomic E-state index is 3.67. The second kappa shape index (κ2) is 46.6. The largest absolute Gasteiger partial charge is 0.323 e. The zero-order valence-electron chi connectivity index (χ0n) is 28.9. The van der Waals surface area contributed by atoms with E-state index in [1.807, 2.05) is 14.1 Å². The quantitative estimate of drug-likeness (QED) is 0.0594. The van der Waals surface area contributed by atoms with Crippen LogP contribution in [-0.2, 0) is 0 Å². The van der Waals surface area contributed by atoms with Crippen molar-refractivity contribution in [2.75, 3.05) is 27.2 Å². The van der Waals surface area contributed by atoms with E-state index in [4.69, 9.17) is 0 Å². The highest BCUT2D eigenvalue weighted by Crippen LogP contribution is 2.11. The highest BCUT2D eigenvalue weighted by molar-refractivity contribution is 5.85. The smallest absolute Gasteiger partial charge is 0.00489 e. The van der Waals surface area contributed by atoms with Gasteiger partial charge >= 0.3 is 0 Å². The Morgan fingerprint density at radius 3 is 0.829 bits per heavy atom.